The van der Waals surface area contributed by atoms with Crippen molar-refractivity contribution in [3.05, 3.63) is 30.2 Å². The van der Waals surface area contributed by atoms with E-state index in [0.29, 0.717) is 11.1 Å². The van der Waals surface area contributed by atoms with E-state index in [2.05, 4.69) is 15.9 Å². The second-order valence-corrected chi connectivity index (χ2v) is 2.51. The monoisotopic (exact) mass is 214 g/mol. The number of carbonyl (C=O) groups excluding carboxylic acids is 1. The summed E-state index contributed by atoms with van der Waals surface area (Å²) in [7, 11) is 0. The number of halogens is 1. The second-order valence-electron chi connectivity index (χ2n) is 1.95. The summed E-state index contributed by atoms with van der Waals surface area (Å²) in [5.41, 5.74) is 0. The van der Waals surface area contributed by atoms with Crippen LogP contribution in [0.4, 0.5) is 0 Å². The van der Waals surface area contributed by atoms with Gasteiger partial charge >= 0.3 is 0 Å². The van der Waals surface area contributed by atoms with Gasteiger partial charge in [0.25, 0.3) is 0 Å². The van der Waals surface area contributed by atoms with Crippen molar-refractivity contribution in [1.82, 2.24) is 0 Å². The molecule has 0 bridgehead atoms. The minimum atomic E-state index is 0.0291. The highest BCUT2D eigenvalue weighted by Gasteiger charge is 1.91. The molecule has 0 amide bonds. The van der Waals surface area contributed by atoms with Crippen LogP contribution < -0.4 is 0 Å². The Morgan fingerprint density at radius 1 is 1.73 bits per heavy atom. The average Bonchev–Trinajstić information content (AvgIpc) is 2.52. The van der Waals surface area contributed by atoms with E-state index >= 15 is 0 Å². The van der Waals surface area contributed by atoms with Crippen LogP contribution in [0.3, 0.4) is 0 Å². The molecule has 0 N–H and O–H groups in total. The van der Waals surface area contributed by atoms with Crippen LogP contribution in [-0.2, 0) is 4.79 Å². The van der Waals surface area contributed by atoms with Crippen molar-refractivity contribution in [3.63, 3.8) is 0 Å². The Morgan fingerprint density at radius 2 is 2.55 bits per heavy atom. The van der Waals surface area contributed by atoms with Gasteiger partial charge in [-0.25, -0.2) is 0 Å². The molecule has 0 aliphatic carbocycles. The van der Waals surface area contributed by atoms with Gasteiger partial charge in [0.15, 0.2) is 5.78 Å². The highest BCUT2D eigenvalue weighted by molar-refractivity contribution is 9.09. The molecule has 0 saturated heterocycles. The Balaban J connectivity index is 2.55. The summed E-state index contributed by atoms with van der Waals surface area (Å²) in [6.45, 7) is 0. The smallest absolute Gasteiger partial charge is 0.166 e. The van der Waals surface area contributed by atoms with Gasteiger partial charge in [0.2, 0.25) is 0 Å². The zero-order chi connectivity index (χ0) is 8.10. The predicted octanol–water partition coefficient (Wildman–Crippen LogP) is 2.26. The number of ketones is 1. The van der Waals surface area contributed by atoms with Gasteiger partial charge in [-0.1, -0.05) is 15.9 Å². The number of alkyl halides is 1. The number of allylic oxidation sites excluding steroid dienone is 1. The molecule has 0 unspecified atom stereocenters. The Kier molecular flexibility index (Phi) is 3.11. The lowest BCUT2D eigenvalue weighted by Gasteiger charge is -1.82. The third kappa shape index (κ3) is 2.72. The van der Waals surface area contributed by atoms with E-state index in [0.717, 1.165) is 0 Å². The first kappa shape index (κ1) is 8.27. The first-order valence-corrected chi connectivity index (χ1v) is 4.25. The molecular weight excluding hydrogens is 208 g/mol. The molecule has 1 aromatic rings. The van der Waals surface area contributed by atoms with E-state index < -0.39 is 0 Å². The quantitative estimate of drug-likeness (QED) is 0.571. The Hall–Kier alpha value is -0.830. The largest absolute Gasteiger partial charge is 0.465 e. The minimum Gasteiger partial charge on any atom is -0.465 e. The fraction of sp³-hybridized carbons (Fsp3) is 0.125. The molecule has 1 aromatic heterocycles. The highest BCUT2D eigenvalue weighted by Crippen LogP contribution is 2.02. The van der Waals surface area contributed by atoms with Crippen LogP contribution in [0.2, 0.25) is 0 Å². The highest BCUT2D eigenvalue weighted by atomic mass is 79.9. The van der Waals surface area contributed by atoms with Gasteiger partial charge < -0.3 is 4.42 Å². The van der Waals surface area contributed by atoms with Gasteiger partial charge in [0.05, 0.1) is 11.6 Å². The van der Waals surface area contributed by atoms with E-state index in [1.165, 1.54) is 6.08 Å². The van der Waals surface area contributed by atoms with E-state index in [-0.39, 0.29) is 5.78 Å². The summed E-state index contributed by atoms with van der Waals surface area (Å²) in [4.78, 5) is 10.7. The molecule has 0 fully saturated rings. The summed E-state index contributed by atoms with van der Waals surface area (Å²) >= 11 is 3.05. The second kappa shape index (κ2) is 4.13. The maximum absolute atomic E-state index is 10.7. The molecule has 1 rings (SSSR count). The summed E-state index contributed by atoms with van der Waals surface area (Å²) in [5, 5.41) is 0.351. The fourth-order valence-corrected chi connectivity index (χ4v) is 0.793. The lowest BCUT2D eigenvalue weighted by Crippen LogP contribution is -1.90. The molecule has 2 nitrogen and oxygen atoms in total. The fourth-order valence-electron chi connectivity index (χ4n) is 0.606. The van der Waals surface area contributed by atoms with Gasteiger partial charge in [-0.2, -0.15) is 0 Å². The molecular formula is C8H7BrO2. The number of hydrogen-bond acceptors (Lipinski definition) is 2. The van der Waals surface area contributed by atoms with Crippen LogP contribution in [0, 0.1) is 0 Å². The summed E-state index contributed by atoms with van der Waals surface area (Å²) in [6.07, 6.45) is 4.69. The van der Waals surface area contributed by atoms with Crippen molar-refractivity contribution in [1.29, 1.82) is 0 Å². The van der Waals surface area contributed by atoms with E-state index in [9.17, 15) is 4.79 Å². The van der Waals surface area contributed by atoms with Gasteiger partial charge in [-0.3, -0.25) is 4.79 Å². The van der Waals surface area contributed by atoms with E-state index in [4.69, 9.17) is 4.42 Å². The van der Waals surface area contributed by atoms with Crippen LogP contribution in [0.5, 0.6) is 0 Å². The minimum absolute atomic E-state index is 0.0291. The summed E-state index contributed by atoms with van der Waals surface area (Å²) in [5.74, 6) is 0.723. The molecule has 3 heteroatoms. The van der Waals surface area contributed by atoms with Crippen molar-refractivity contribution in [2.75, 3.05) is 5.33 Å². The SMILES string of the molecule is O=C(/C=C/c1ccco1)CBr. The standard InChI is InChI=1S/C8H7BrO2/c9-6-7(10)3-4-8-2-1-5-11-8/h1-5H,6H2/b4-3+. The molecule has 11 heavy (non-hydrogen) atoms. The zero-order valence-corrected chi connectivity index (χ0v) is 7.37. The molecule has 0 atom stereocenters. The first-order valence-electron chi connectivity index (χ1n) is 3.13. The Bertz CT molecular complexity index is 249. The maximum atomic E-state index is 10.7. The average molecular weight is 215 g/mol. The van der Waals surface area contributed by atoms with E-state index in [1.807, 2.05) is 0 Å². The number of hydrogen-bond donors (Lipinski definition) is 0. The molecule has 0 aromatic carbocycles. The molecule has 58 valence electrons. The van der Waals surface area contributed by atoms with Gasteiger partial charge in [0.1, 0.15) is 5.76 Å². The third-order valence-electron chi connectivity index (χ3n) is 1.11. The normalized spacial score (nSPS) is 10.6. The van der Waals surface area contributed by atoms with Crippen LogP contribution in [0.15, 0.2) is 28.9 Å². The Labute approximate surface area is 73.0 Å². The topological polar surface area (TPSA) is 30.2 Å². The maximum Gasteiger partial charge on any atom is 0.166 e. The first-order chi connectivity index (χ1) is 5.33. The Morgan fingerprint density at radius 3 is 3.09 bits per heavy atom. The molecule has 0 aliphatic rings. The van der Waals surface area contributed by atoms with Crippen LogP contribution in [0.1, 0.15) is 5.76 Å². The third-order valence-corrected chi connectivity index (χ3v) is 1.66. The number of rotatable bonds is 3. The van der Waals surface area contributed by atoms with Gasteiger partial charge in [0, 0.05) is 0 Å². The van der Waals surface area contributed by atoms with Crippen molar-refractivity contribution in [2.24, 2.45) is 0 Å². The number of carbonyl (C=O) groups is 1. The van der Waals surface area contributed by atoms with Crippen molar-refractivity contribution in [2.45, 2.75) is 0 Å². The summed E-state index contributed by atoms with van der Waals surface area (Å²) < 4.78 is 4.97. The molecule has 0 spiro atoms. The lowest BCUT2D eigenvalue weighted by molar-refractivity contribution is -0.112. The van der Waals surface area contributed by atoms with Gasteiger partial charge in [-0.05, 0) is 24.3 Å². The van der Waals surface area contributed by atoms with E-state index in [1.54, 1.807) is 24.5 Å². The van der Waals surface area contributed by atoms with Crippen LogP contribution in [0.25, 0.3) is 6.08 Å². The van der Waals surface area contributed by atoms with Gasteiger partial charge in [-0.15, -0.1) is 0 Å². The molecule has 0 saturated carbocycles. The van der Waals surface area contributed by atoms with Crippen LogP contribution >= 0.6 is 15.9 Å². The summed E-state index contributed by atoms with van der Waals surface area (Å²) in [6, 6.07) is 3.57. The number of furan rings is 1. The van der Waals surface area contributed by atoms with Crippen LogP contribution in [-0.4, -0.2) is 11.1 Å². The predicted molar refractivity (Wildman–Crippen MR) is 46.5 cm³/mol. The molecule has 1 heterocycles. The molecule has 0 radical (unpaired) electrons. The lowest BCUT2D eigenvalue weighted by atomic mass is 10.3. The van der Waals surface area contributed by atoms with Crippen molar-refractivity contribution < 1.29 is 9.21 Å². The molecule has 0 aliphatic heterocycles. The van der Waals surface area contributed by atoms with Crippen molar-refractivity contribution >= 4 is 27.8 Å². The van der Waals surface area contributed by atoms with Crippen molar-refractivity contribution in [3.8, 4) is 0 Å². The zero-order valence-electron chi connectivity index (χ0n) is 5.79.